The van der Waals surface area contributed by atoms with Crippen LogP contribution in [0.5, 0.6) is 0 Å². The van der Waals surface area contributed by atoms with Crippen molar-refractivity contribution in [2.75, 3.05) is 0 Å². The molecule has 0 saturated carbocycles. The zero-order chi connectivity index (χ0) is 13.8. The second-order valence-corrected chi connectivity index (χ2v) is 5.17. The van der Waals surface area contributed by atoms with Gasteiger partial charge in [0.25, 0.3) is 0 Å². The highest BCUT2D eigenvalue weighted by Crippen LogP contribution is 2.28. The van der Waals surface area contributed by atoms with Crippen LogP contribution in [0.2, 0.25) is 0 Å². The Morgan fingerprint density at radius 2 is 2.17 bits per heavy atom. The average molecular weight is 253 g/mol. The summed E-state index contributed by atoms with van der Waals surface area (Å²) in [6.45, 7) is 10.5. The Hall–Kier alpha value is -1.52. The molecule has 1 N–H and O–H groups in total. The minimum Gasteiger partial charge on any atom is -0.316 e. The van der Waals surface area contributed by atoms with E-state index in [4.69, 9.17) is 4.84 Å². The maximum atomic E-state index is 11.9. The van der Waals surface area contributed by atoms with Crippen molar-refractivity contribution >= 4 is 6.09 Å². The van der Waals surface area contributed by atoms with Crippen molar-refractivity contribution in [1.29, 1.82) is 0 Å². The minimum atomic E-state index is -0.454. The number of aromatic nitrogens is 2. The molecule has 102 valence electrons. The van der Waals surface area contributed by atoms with Crippen LogP contribution in [0, 0.1) is 11.8 Å². The summed E-state index contributed by atoms with van der Waals surface area (Å²) in [5.41, 5.74) is -0.285. The fourth-order valence-corrected chi connectivity index (χ4v) is 1.90. The van der Waals surface area contributed by atoms with E-state index in [1.807, 2.05) is 0 Å². The Bertz CT molecular complexity index is 376. The van der Waals surface area contributed by atoms with Gasteiger partial charge in [0, 0.05) is 11.7 Å². The van der Waals surface area contributed by atoms with E-state index in [1.165, 1.54) is 11.1 Å². The van der Waals surface area contributed by atoms with Crippen LogP contribution in [0.1, 0.15) is 41.0 Å². The summed E-state index contributed by atoms with van der Waals surface area (Å²) in [5, 5.41) is 2.97. The van der Waals surface area contributed by atoms with Crippen LogP contribution < -0.4 is 10.2 Å². The van der Waals surface area contributed by atoms with Crippen LogP contribution in [-0.2, 0) is 0 Å². The van der Waals surface area contributed by atoms with Crippen molar-refractivity contribution in [2.24, 2.45) is 11.8 Å². The van der Waals surface area contributed by atoms with Gasteiger partial charge in [-0.05, 0) is 18.8 Å². The maximum Gasteiger partial charge on any atom is 0.432 e. The van der Waals surface area contributed by atoms with Crippen LogP contribution in [0.25, 0.3) is 0 Å². The molecule has 5 heteroatoms. The smallest absolute Gasteiger partial charge is 0.316 e. The lowest BCUT2D eigenvalue weighted by atomic mass is 9.76. The van der Waals surface area contributed by atoms with Crippen LogP contribution in [0.4, 0.5) is 4.79 Å². The van der Waals surface area contributed by atoms with E-state index >= 15 is 0 Å². The first-order valence-corrected chi connectivity index (χ1v) is 6.38. The van der Waals surface area contributed by atoms with Crippen LogP contribution in [-0.4, -0.2) is 21.3 Å². The predicted molar refractivity (Wildman–Crippen MR) is 70.0 cm³/mol. The number of hydrogen-bond acceptors (Lipinski definition) is 3. The fraction of sp³-hybridized carbons (Fsp3) is 0.692. The van der Waals surface area contributed by atoms with E-state index in [9.17, 15) is 4.79 Å². The third-order valence-corrected chi connectivity index (χ3v) is 3.88. The zero-order valence-electron chi connectivity index (χ0n) is 11.8. The van der Waals surface area contributed by atoms with Crippen LogP contribution in [0.3, 0.4) is 0 Å². The lowest BCUT2D eigenvalue weighted by molar-refractivity contribution is 0.0996. The van der Waals surface area contributed by atoms with E-state index in [-0.39, 0.29) is 5.54 Å². The molecule has 0 fully saturated rings. The molecule has 0 aromatic carbocycles. The standard InChI is InChI=1S/C13H23N3O2/c1-6-11(4)13(5,10(2)3)15-12(17)18-16-8-7-14-9-16/h7-11H,6H2,1-5H3,(H,15,17). The highest BCUT2D eigenvalue weighted by atomic mass is 16.7. The third-order valence-electron chi connectivity index (χ3n) is 3.88. The van der Waals surface area contributed by atoms with Crippen LogP contribution in [0.15, 0.2) is 18.7 Å². The molecule has 5 nitrogen and oxygen atoms in total. The number of imidazole rings is 1. The molecule has 1 heterocycles. The van der Waals surface area contributed by atoms with Gasteiger partial charge in [-0.1, -0.05) is 34.1 Å². The lowest BCUT2D eigenvalue weighted by Gasteiger charge is -2.39. The van der Waals surface area contributed by atoms with Gasteiger partial charge < -0.3 is 10.2 Å². The molecule has 1 aromatic rings. The molecule has 0 radical (unpaired) electrons. The number of carbonyl (C=O) groups excluding carboxylic acids is 1. The van der Waals surface area contributed by atoms with Gasteiger partial charge in [0.1, 0.15) is 6.33 Å². The van der Waals surface area contributed by atoms with E-state index in [2.05, 4.69) is 44.9 Å². The number of rotatable bonds is 5. The van der Waals surface area contributed by atoms with Gasteiger partial charge in [-0.15, -0.1) is 0 Å². The molecule has 1 rings (SSSR count). The van der Waals surface area contributed by atoms with Gasteiger partial charge in [0.05, 0.1) is 6.20 Å². The normalized spacial score (nSPS) is 16.1. The Labute approximate surface area is 108 Å². The summed E-state index contributed by atoms with van der Waals surface area (Å²) in [7, 11) is 0. The van der Waals surface area contributed by atoms with E-state index < -0.39 is 6.09 Å². The van der Waals surface area contributed by atoms with E-state index in [0.717, 1.165) is 6.42 Å². The monoisotopic (exact) mass is 253 g/mol. The molecule has 18 heavy (non-hydrogen) atoms. The molecule has 1 aromatic heterocycles. The molecule has 2 atom stereocenters. The van der Waals surface area contributed by atoms with Gasteiger partial charge in [0.15, 0.2) is 0 Å². The number of nitrogens with one attached hydrogen (secondary N) is 1. The first kappa shape index (κ1) is 14.5. The molecule has 0 aliphatic rings. The number of hydrogen-bond donors (Lipinski definition) is 1. The van der Waals surface area contributed by atoms with Crippen molar-refractivity contribution in [1.82, 2.24) is 15.0 Å². The molecular weight excluding hydrogens is 230 g/mol. The molecule has 0 saturated heterocycles. The Balaban J connectivity index is 2.69. The minimum absolute atomic E-state index is 0.285. The molecular formula is C13H23N3O2. The maximum absolute atomic E-state index is 11.9. The average Bonchev–Trinajstić information content (AvgIpc) is 2.79. The molecule has 2 unspecified atom stereocenters. The second kappa shape index (κ2) is 5.89. The van der Waals surface area contributed by atoms with Crippen LogP contribution >= 0.6 is 0 Å². The number of amides is 1. The zero-order valence-corrected chi connectivity index (χ0v) is 11.8. The van der Waals surface area contributed by atoms with Gasteiger partial charge in [-0.25, -0.2) is 9.78 Å². The summed E-state index contributed by atoms with van der Waals surface area (Å²) < 4.78 is 1.28. The molecule has 0 aliphatic carbocycles. The van der Waals surface area contributed by atoms with Gasteiger partial charge in [-0.2, -0.15) is 4.73 Å². The Morgan fingerprint density at radius 1 is 1.50 bits per heavy atom. The first-order valence-electron chi connectivity index (χ1n) is 6.38. The lowest BCUT2D eigenvalue weighted by Crippen LogP contribution is -2.55. The summed E-state index contributed by atoms with van der Waals surface area (Å²) >= 11 is 0. The third kappa shape index (κ3) is 3.24. The van der Waals surface area contributed by atoms with Crippen molar-refractivity contribution < 1.29 is 9.63 Å². The van der Waals surface area contributed by atoms with Crippen molar-refractivity contribution in [3.05, 3.63) is 18.7 Å². The van der Waals surface area contributed by atoms with Crippen molar-refractivity contribution in [2.45, 2.75) is 46.6 Å². The number of nitrogens with zero attached hydrogens (tertiary/aromatic N) is 2. The van der Waals surface area contributed by atoms with E-state index in [0.29, 0.717) is 11.8 Å². The number of carbonyl (C=O) groups is 1. The first-order chi connectivity index (χ1) is 8.40. The van der Waals surface area contributed by atoms with Gasteiger partial charge in [0.2, 0.25) is 0 Å². The topological polar surface area (TPSA) is 56.1 Å². The quantitative estimate of drug-likeness (QED) is 0.877. The Kier molecular flexibility index (Phi) is 4.76. The SMILES string of the molecule is CCC(C)C(C)(NC(=O)On1ccnc1)C(C)C. The predicted octanol–water partition coefficient (Wildman–Crippen LogP) is 2.48. The summed E-state index contributed by atoms with van der Waals surface area (Å²) in [6, 6.07) is 0. The molecule has 0 spiro atoms. The fourth-order valence-electron chi connectivity index (χ4n) is 1.90. The highest BCUT2D eigenvalue weighted by molar-refractivity contribution is 5.68. The van der Waals surface area contributed by atoms with Gasteiger partial charge in [-0.3, -0.25) is 0 Å². The highest BCUT2D eigenvalue weighted by Gasteiger charge is 2.35. The van der Waals surface area contributed by atoms with Crippen molar-refractivity contribution in [3.8, 4) is 0 Å². The largest absolute Gasteiger partial charge is 0.432 e. The second-order valence-electron chi connectivity index (χ2n) is 5.17. The van der Waals surface area contributed by atoms with Crippen molar-refractivity contribution in [3.63, 3.8) is 0 Å². The summed E-state index contributed by atoms with van der Waals surface area (Å²) in [4.78, 5) is 20.8. The summed E-state index contributed by atoms with van der Waals surface area (Å²) in [6.07, 6.45) is 5.12. The molecule has 1 amide bonds. The van der Waals surface area contributed by atoms with E-state index in [1.54, 1.807) is 12.4 Å². The summed E-state index contributed by atoms with van der Waals surface area (Å²) in [5.74, 6) is 0.690. The van der Waals surface area contributed by atoms with Gasteiger partial charge >= 0.3 is 6.09 Å². The Morgan fingerprint density at radius 3 is 2.61 bits per heavy atom. The molecule has 0 aliphatic heterocycles. The molecule has 0 bridgehead atoms.